The molecule has 1 N–H and O–H groups in total. The average Bonchev–Trinajstić information content (AvgIpc) is 2.32. The first-order chi connectivity index (χ1) is 9.46. The van der Waals surface area contributed by atoms with Crippen molar-refractivity contribution < 1.29 is 36.2 Å². The van der Waals surface area contributed by atoms with Crippen LogP contribution in [0.15, 0.2) is 30.9 Å². The highest BCUT2D eigenvalue weighted by atomic mass is 19.4. The number of benzene rings is 1. The van der Waals surface area contributed by atoms with Crippen LogP contribution in [0.3, 0.4) is 0 Å². The van der Waals surface area contributed by atoms with Gasteiger partial charge in [-0.15, -0.1) is 6.58 Å². The molecule has 0 bridgehead atoms. The number of aliphatic carboxylic acids is 1. The first-order valence-corrected chi connectivity index (χ1v) is 5.60. The minimum Gasteiger partial charge on any atom is -0.481 e. The fourth-order valence-electron chi connectivity index (χ4n) is 1.73. The van der Waals surface area contributed by atoms with Crippen LogP contribution >= 0.6 is 0 Å². The fraction of sp³-hybridized carbons (Fsp3) is 0.308. The molecule has 1 unspecified atom stereocenters. The smallest absolute Gasteiger partial charge is 0.416 e. The van der Waals surface area contributed by atoms with Gasteiger partial charge in [-0.1, -0.05) is 6.08 Å². The molecule has 1 atom stereocenters. The quantitative estimate of drug-likeness (QED) is 0.658. The number of hydrogen-bond acceptors (Lipinski definition) is 1. The van der Waals surface area contributed by atoms with Crippen molar-refractivity contribution in [2.75, 3.05) is 0 Å². The summed E-state index contributed by atoms with van der Waals surface area (Å²) in [4.78, 5) is 11.0. The lowest BCUT2D eigenvalue weighted by molar-refractivity contribution is -0.144. The number of carboxylic acids is 1. The lowest BCUT2D eigenvalue weighted by Crippen LogP contribution is -2.16. The van der Waals surface area contributed by atoms with E-state index in [-0.39, 0.29) is 12.5 Å². The van der Waals surface area contributed by atoms with E-state index in [0.717, 1.165) is 6.08 Å². The zero-order chi connectivity index (χ0) is 16.4. The van der Waals surface area contributed by atoms with Crippen LogP contribution in [0.1, 0.15) is 29.0 Å². The summed E-state index contributed by atoms with van der Waals surface area (Å²) in [6.45, 7) is 3.24. The second-order valence-corrected chi connectivity index (χ2v) is 4.25. The molecular weight excluding hydrogens is 302 g/mol. The molecule has 0 amide bonds. The normalized spacial score (nSPS) is 13.8. The summed E-state index contributed by atoms with van der Waals surface area (Å²) in [5, 5.41) is 8.93. The SMILES string of the molecule is C=CCC(C(=O)O)c1cc(C(F)(F)F)cc(C(F)(F)F)c1. The molecule has 8 heteroatoms. The highest BCUT2D eigenvalue weighted by molar-refractivity contribution is 5.76. The third-order valence-corrected chi connectivity index (χ3v) is 2.71. The number of halogens is 6. The Morgan fingerprint density at radius 3 is 1.81 bits per heavy atom. The van der Waals surface area contributed by atoms with Crippen molar-refractivity contribution in [3.05, 3.63) is 47.5 Å². The molecule has 0 fully saturated rings. The standard InChI is InChI=1S/C13H10F6O2/c1-2-3-10(11(20)21)7-4-8(12(14,15)16)6-9(5-7)13(17,18)19/h2,4-6,10H,1,3H2,(H,20,21). The molecule has 0 aliphatic rings. The van der Waals surface area contributed by atoms with E-state index in [1.165, 1.54) is 0 Å². The van der Waals surface area contributed by atoms with E-state index in [1.54, 1.807) is 0 Å². The number of hydrogen-bond donors (Lipinski definition) is 1. The highest BCUT2D eigenvalue weighted by Crippen LogP contribution is 2.38. The first kappa shape index (κ1) is 17.1. The van der Waals surface area contributed by atoms with E-state index in [9.17, 15) is 31.1 Å². The molecule has 21 heavy (non-hydrogen) atoms. The molecule has 0 aliphatic heterocycles. The second-order valence-electron chi connectivity index (χ2n) is 4.25. The molecule has 1 rings (SSSR count). The number of carbonyl (C=O) groups is 1. The summed E-state index contributed by atoms with van der Waals surface area (Å²) < 4.78 is 75.9. The average molecular weight is 312 g/mol. The minimum atomic E-state index is -5.01. The predicted molar refractivity (Wildman–Crippen MR) is 61.6 cm³/mol. The van der Waals surface area contributed by atoms with Gasteiger partial charge >= 0.3 is 18.3 Å². The molecule has 1 aromatic rings. The van der Waals surface area contributed by atoms with Gasteiger partial charge in [0.15, 0.2) is 0 Å². The molecule has 0 saturated heterocycles. The van der Waals surface area contributed by atoms with Gasteiger partial charge in [0.25, 0.3) is 0 Å². The molecule has 0 heterocycles. The van der Waals surface area contributed by atoms with E-state index >= 15 is 0 Å². The molecule has 0 radical (unpaired) electrons. The molecule has 0 saturated carbocycles. The Bertz CT molecular complexity index is 512. The Morgan fingerprint density at radius 1 is 1.10 bits per heavy atom. The molecule has 0 aromatic heterocycles. The van der Waals surface area contributed by atoms with Gasteiger partial charge in [-0.3, -0.25) is 4.79 Å². The monoisotopic (exact) mass is 312 g/mol. The third-order valence-electron chi connectivity index (χ3n) is 2.71. The zero-order valence-electron chi connectivity index (χ0n) is 10.4. The van der Waals surface area contributed by atoms with Gasteiger partial charge < -0.3 is 5.11 Å². The predicted octanol–water partition coefficient (Wildman–Crippen LogP) is 4.47. The van der Waals surface area contributed by atoms with Crippen molar-refractivity contribution in [3.8, 4) is 0 Å². The second kappa shape index (κ2) is 5.79. The van der Waals surface area contributed by atoms with Crippen LogP contribution < -0.4 is 0 Å². The van der Waals surface area contributed by atoms with Gasteiger partial charge in [0.05, 0.1) is 17.0 Å². The fourth-order valence-corrected chi connectivity index (χ4v) is 1.73. The van der Waals surface area contributed by atoms with Crippen molar-refractivity contribution in [1.29, 1.82) is 0 Å². The number of alkyl halides is 6. The van der Waals surface area contributed by atoms with Crippen molar-refractivity contribution in [2.45, 2.75) is 24.7 Å². The Hall–Kier alpha value is -1.99. The zero-order valence-corrected chi connectivity index (χ0v) is 10.4. The third kappa shape index (κ3) is 4.24. The maximum Gasteiger partial charge on any atom is 0.416 e. The molecule has 116 valence electrons. The molecule has 1 aromatic carbocycles. The largest absolute Gasteiger partial charge is 0.481 e. The van der Waals surface area contributed by atoms with Crippen LogP contribution in [0.2, 0.25) is 0 Å². The van der Waals surface area contributed by atoms with E-state index in [1.807, 2.05) is 0 Å². The number of allylic oxidation sites excluding steroid dienone is 1. The number of rotatable bonds is 4. The van der Waals surface area contributed by atoms with Gasteiger partial charge in [-0.05, 0) is 30.2 Å². The highest BCUT2D eigenvalue weighted by Gasteiger charge is 2.38. The van der Waals surface area contributed by atoms with Crippen molar-refractivity contribution >= 4 is 5.97 Å². The Morgan fingerprint density at radius 2 is 1.52 bits per heavy atom. The van der Waals surface area contributed by atoms with Gasteiger partial charge in [0, 0.05) is 0 Å². The van der Waals surface area contributed by atoms with Gasteiger partial charge in [0.2, 0.25) is 0 Å². The summed E-state index contributed by atoms with van der Waals surface area (Å²) in [5.74, 6) is -3.05. The van der Waals surface area contributed by atoms with Crippen LogP contribution in [0.5, 0.6) is 0 Å². The summed E-state index contributed by atoms with van der Waals surface area (Å²) in [6.07, 6.45) is -9.18. The lowest BCUT2D eigenvalue weighted by Gasteiger charge is -2.17. The van der Waals surface area contributed by atoms with Crippen LogP contribution in [0.25, 0.3) is 0 Å². The van der Waals surface area contributed by atoms with Crippen molar-refractivity contribution in [3.63, 3.8) is 0 Å². The summed E-state index contributed by atoms with van der Waals surface area (Å²) in [7, 11) is 0. The summed E-state index contributed by atoms with van der Waals surface area (Å²) in [5.41, 5.74) is -3.64. The molecule has 0 aliphatic carbocycles. The molecule has 2 nitrogen and oxygen atoms in total. The Balaban J connectivity index is 3.50. The maximum absolute atomic E-state index is 12.7. The van der Waals surface area contributed by atoms with E-state index in [0.29, 0.717) is 12.1 Å². The molecular formula is C13H10F6O2. The van der Waals surface area contributed by atoms with Crippen LogP contribution in [-0.4, -0.2) is 11.1 Å². The Labute approximate surface area is 115 Å². The van der Waals surface area contributed by atoms with Crippen LogP contribution in [0, 0.1) is 0 Å². The number of carboxylic acid groups (broad SMARTS) is 1. The van der Waals surface area contributed by atoms with E-state index < -0.39 is 40.9 Å². The maximum atomic E-state index is 12.7. The van der Waals surface area contributed by atoms with Crippen molar-refractivity contribution in [2.24, 2.45) is 0 Å². The van der Waals surface area contributed by atoms with Crippen LogP contribution in [0.4, 0.5) is 26.3 Å². The lowest BCUT2D eigenvalue weighted by atomic mass is 9.92. The molecule has 0 spiro atoms. The van der Waals surface area contributed by atoms with E-state index in [4.69, 9.17) is 5.11 Å². The van der Waals surface area contributed by atoms with Crippen LogP contribution in [-0.2, 0) is 17.1 Å². The minimum absolute atomic E-state index is 0.0453. The topological polar surface area (TPSA) is 37.3 Å². The van der Waals surface area contributed by atoms with Gasteiger partial charge in [-0.25, -0.2) is 0 Å². The summed E-state index contributed by atoms with van der Waals surface area (Å²) in [6, 6.07) is 0.783. The Kier molecular flexibility index (Phi) is 4.70. The van der Waals surface area contributed by atoms with Gasteiger partial charge in [-0.2, -0.15) is 26.3 Å². The first-order valence-electron chi connectivity index (χ1n) is 5.60. The van der Waals surface area contributed by atoms with Crippen molar-refractivity contribution in [1.82, 2.24) is 0 Å². The summed E-state index contributed by atoms with van der Waals surface area (Å²) >= 11 is 0. The van der Waals surface area contributed by atoms with Gasteiger partial charge in [0.1, 0.15) is 0 Å². The van der Waals surface area contributed by atoms with E-state index in [2.05, 4.69) is 6.58 Å².